The molecule has 4 rings (SSSR count). The molecule has 1 aliphatic carbocycles. The molecule has 2 aromatic rings. The van der Waals surface area contributed by atoms with E-state index < -0.39 is 0 Å². The van der Waals surface area contributed by atoms with Crippen LogP contribution in [0.3, 0.4) is 0 Å². The van der Waals surface area contributed by atoms with Crippen molar-refractivity contribution in [1.82, 2.24) is 20.0 Å². The molecule has 0 spiro atoms. The number of amides is 1. The van der Waals surface area contributed by atoms with Gasteiger partial charge < -0.3 is 10.1 Å². The van der Waals surface area contributed by atoms with E-state index in [9.17, 15) is 9.59 Å². The van der Waals surface area contributed by atoms with Crippen molar-refractivity contribution in [2.24, 2.45) is 7.05 Å². The summed E-state index contributed by atoms with van der Waals surface area (Å²) in [6, 6.07) is 7.78. The summed E-state index contributed by atoms with van der Waals surface area (Å²) in [5, 5.41) is 7.71. The van der Waals surface area contributed by atoms with Crippen LogP contribution in [0.15, 0.2) is 24.3 Å². The smallest absolute Gasteiger partial charge is 0.337 e. The van der Waals surface area contributed by atoms with Crippen LogP contribution >= 0.6 is 0 Å². The quantitative estimate of drug-likeness (QED) is 0.786. The van der Waals surface area contributed by atoms with E-state index in [4.69, 9.17) is 4.74 Å². The van der Waals surface area contributed by atoms with Gasteiger partial charge in [-0.25, -0.2) is 4.79 Å². The SMILES string of the molecule is COC(=O)c1ccc(CN2CCc3c(c(C(=O)NC4CCCC4)nn3C)C2)cc1. The number of benzene rings is 1. The zero-order chi connectivity index (χ0) is 20.4. The van der Waals surface area contributed by atoms with Crippen LogP contribution in [0.2, 0.25) is 0 Å². The third kappa shape index (κ3) is 4.19. The molecule has 7 nitrogen and oxygen atoms in total. The van der Waals surface area contributed by atoms with Gasteiger partial charge in [-0.05, 0) is 30.5 Å². The second-order valence-electron chi connectivity index (χ2n) is 8.00. The molecule has 0 radical (unpaired) electrons. The van der Waals surface area contributed by atoms with Crippen molar-refractivity contribution in [3.05, 3.63) is 52.3 Å². The number of methoxy groups -OCH3 is 1. The van der Waals surface area contributed by atoms with Crippen LogP contribution in [0.25, 0.3) is 0 Å². The minimum absolute atomic E-state index is 0.0435. The molecule has 7 heteroatoms. The largest absolute Gasteiger partial charge is 0.465 e. The fraction of sp³-hybridized carbons (Fsp3) is 0.500. The Morgan fingerprint density at radius 2 is 1.93 bits per heavy atom. The molecule has 2 aliphatic rings. The van der Waals surface area contributed by atoms with E-state index in [1.807, 2.05) is 23.9 Å². The van der Waals surface area contributed by atoms with Crippen molar-refractivity contribution in [1.29, 1.82) is 0 Å². The normalized spacial score (nSPS) is 17.2. The predicted octanol–water partition coefficient (Wildman–Crippen LogP) is 2.44. The molecule has 1 aromatic carbocycles. The van der Waals surface area contributed by atoms with E-state index in [-0.39, 0.29) is 17.9 Å². The van der Waals surface area contributed by atoms with Crippen molar-refractivity contribution in [2.75, 3.05) is 13.7 Å². The molecule has 1 saturated carbocycles. The lowest BCUT2D eigenvalue weighted by Crippen LogP contribution is -2.35. The number of carbonyl (C=O) groups excluding carboxylic acids is 2. The average Bonchev–Trinajstić information content (AvgIpc) is 3.35. The van der Waals surface area contributed by atoms with Gasteiger partial charge in [0.15, 0.2) is 5.69 Å². The number of nitrogens with one attached hydrogen (secondary N) is 1. The van der Waals surface area contributed by atoms with Gasteiger partial charge in [0.1, 0.15) is 0 Å². The summed E-state index contributed by atoms with van der Waals surface area (Å²) in [5.41, 5.74) is 4.44. The maximum Gasteiger partial charge on any atom is 0.337 e. The first kappa shape index (κ1) is 19.6. The Hall–Kier alpha value is -2.67. The van der Waals surface area contributed by atoms with E-state index in [0.717, 1.165) is 49.2 Å². The Balaban J connectivity index is 1.46. The van der Waals surface area contributed by atoms with Crippen molar-refractivity contribution >= 4 is 11.9 Å². The van der Waals surface area contributed by atoms with Crippen molar-refractivity contribution in [3.63, 3.8) is 0 Å². The summed E-state index contributed by atoms with van der Waals surface area (Å²) in [7, 11) is 3.31. The fourth-order valence-electron chi connectivity index (χ4n) is 4.41. The fourth-order valence-corrected chi connectivity index (χ4v) is 4.41. The molecule has 1 N–H and O–H groups in total. The molecule has 1 amide bonds. The van der Waals surface area contributed by atoms with E-state index in [1.165, 1.54) is 20.0 Å². The lowest BCUT2D eigenvalue weighted by molar-refractivity contribution is 0.0600. The number of esters is 1. The van der Waals surface area contributed by atoms with E-state index in [0.29, 0.717) is 17.8 Å². The average molecular weight is 396 g/mol. The molecule has 0 unspecified atom stereocenters. The topological polar surface area (TPSA) is 76.5 Å². The minimum Gasteiger partial charge on any atom is -0.465 e. The Kier molecular flexibility index (Phi) is 5.67. The molecule has 1 fully saturated rings. The van der Waals surface area contributed by atoms with Gasteiger partial charge in [-0.1, -0.05) is 25.0 Å². The number of nitrogens with zero attached hydrogens (tertiary/aromatic N) is 3. The lowest BCUT2D eigenvalue weighted by Gasteiger charge is -2.27. The van der Waals surface area contributed by atoms with Crippen LogP contribution in [0, 0.1) is 0 Å². The molecule has 154 valence electrons. The monoisotopic (exact) mass is 396 g/mol. The maximum atomic E-state index is 12.8. The summed E-state index contributed by atoms with van der Waals surface area (Å²) >= 11 is 0. The highest BCUT2D eigenvalue weighted by Crippen LogP contribution is 2.25. The van der Waals surface area contributed by atoms with E-state index in [2.05, 4.69) is 15.3 Å². The van der Waals surface area contributed by atoms with Crippen LogP contribution in [0.1, 0.15) is 63.4 Å². The number of rotatable bonds is 5. The van der Waals surface area contributed by atoms with Crippen LogP contribution in [0.4, 0.5) is 0 Å². The number of hydrogen-bond acceptors (Lipinski definition) is 5. The Morgan fingerprint density at radius 3 is 2.62 bits per heavy atom. The molecular weight excluding hydrogens is 368 g/mol. The minimum atomic E-state index is -0.326. The summed E-state index contributed by atoms with van der Waals surface area (Å²) in [5.74, 6) is -0.370. The van der Waals surface area contributed by atoms with Crippen LogP contribution in [-0.4, -0.2) is 46.3 Å². The number of carbonyl (C=O) groups is 2. The summed E-state index contributed by atoms with van der Waals surface area (Å²) < 4.78 is 6.62. The van der Waals surface area contributed by atoms with Crippen molar-refractivity contribution in [3.8, 4) is 0 Å². The van der Waals surface area contributed by atoms with Gasteiger partial charge in [-0.2, -0.15) is 5.10 Å². The molecule has 0 atom stereocenters. The van der Waals surface area contributed by atoms with Gasteiger partial charge >= 0.3 is 5.97 Å². The first-order chi connectivity index (χ1) is 14.0. The Bertz CT molecular complexity index is 898. The molecule has 1 aliphatic heterocycles. The zero-order valence-corrected chi connectivity index (χ0v) is 17.1. The highest BCUT2D eigenvalue weighted by Gasteiger charge is 2.28. The predicted molar refractivity (Wildman–Crippen MR) is 109 cm³/mol. The second-order valence-corrected chi connectivity index (χ2v) is 8.00. The molecular formula is C22H28N4O3. The van der Waals surface area contributed by atoms with E-state index in [1.54, 1.807) is 12.1 Å². The molecule has 0 bridgehead atoms. The van der Waals surface area contributed by atoms with Gasteiger partial charge in [-0.15, -0.1) is 0 Å². The van der Waals surface area contributed by atoms with Gasteiger partial charge in [0, 0.05) is 50.4 Å². The first-order valence-corrected chi connectivity index (χ1v) is 10.3. The number of aryl methyl sites for hydroxylation is 1. The van der Waals surface area contributed by atoms with Crippen LogP contribution in [-0.2, 0) is 31.3 Å². The summed E-state index contributed by atoms with van der Waals surface area (Å²) in [6.07, 6.45) is 5.38. The zero-order valence-electron chi connectivity index (χ0n) is 17.1. The van der Waals surface area contributed by atoms with E-state index >= 15 is 0 Å². The number of ether oxygens (including phenoxy) is 1. The van der Waals surface area contributed by atoms with Crippen molar-refractivity contribution < 1.29 is 14.3 Å². The Labute approximate surface area is 171 Å². The third-order valence-electron chi connectivity index (χ3n) is 6.01. The van der Waals surface area contributed by atoms with Gasteiger partial charge in [0.25, 0.3) is 5.91 Å². The van der Waals surface area contributed by atoms with Gasteiger partial charge in [-0.3, -0.25) is 14.4 Å². The number of aromatic nitrogens is 2. The second kappa shape index (κ2) is 8.37. The highest BCUT2D eigenvalue weighted by atomic mass is 16.5. The number of hydrogen-bond donors (Lipinski definition) is 1. The molecule has 1 aromatic heterocycles. The Morgan fingerprint density at radius 1 is 1.21 bits per heavy atom. The van der Waals surface area contributed by atoms with Crippen molar-refractivity contribution in [2.45, 2.75) is 51.2 Å². The third-order valence-corrected chi connectivity index (χ3v) is 6.01. The molecule has 0 saturated heterocycles. The first-order valence-electron chi connectivity index (χ1n) is 10.3. The van der Waals surface area contributed by atoms with Crippen LogP contribution in [0.5, 0.6) is 0 Å². The summed E-state index contributed by atoms with van der Waals surface area (Å²) in [4.78, 5) is 26.8. The standard InChI is InChI=1S/C22H28N4O3/c1-25-19-11-12-26(13-15-7-9-16(10-8-15)22(28)29-2)14-18(19)20(24-25)21(27)23-17-5-3-4-6-17/h7-10,17H,3-6,11-14H2,1-2H3,(H,23,27). The lowest BCUT2D eigenvalue weighted by atomic mass is 10.0. The highest BCUT2D eigenvalue weighted by molar-refractivity contribution is 5.94. The summed E-state index contributed by atoms with van der Waals surface area (Å²) in [6.45, 7) is 2.38. The molecule has 29 heavy (non-hydrogen) atoms. The van der Waals surface area contributed by atoms with Gasteiger partial charge in [0.2, 0.25) is 0 Å². The van der Waals surface area contributed by atoms with Gasteiger partial charge in [0.05, 0.1) is 12.7 Å². The molecule has 2 heterocycles. The van der Waals surface area contributed by atoms with Crippen LogP contribution < -0.4 is 5.32 Å². The maximum absolute atomic E-state index is 12.8. The number of fused-ring (bicyclic) bond motifs is 1.